The fraction of sp³-hybridized carbons (Fsp3) is 0.312. The fourth-order valence-corrected chi connectivity index (χ4v) is 7.13. The molecule has 206 valence electrons. The van der Waals surface area contributed by atoms with Gasteiger partial charge < -0.3 is 14.5 Å². The first kappa shape index (κ1) is 28.1. The highest BCUT2D eigenvalue weighted by Gasteiger charge is 2.33. The molecule has 1 saturated carbocycles. The van der Waals surface area contributed by atoms with Crippen LogP contribution in [0.1, 0.15) is 46.5 Å². The maximum atomic E-state index is 14.7. The third-order valence-electron chi connectivity index (χ3n) is 7.84. The Hall–Kier alpha value is -3.44. The van der Waals surface area contributed by atoms with Gasteiger partial charge in [-0.2, -0.15) is 5.26 Å². The smallest absolute Gasteiger partial charge is 0.266 e. The van der Waals surface area contributed by atoms with Gasteiger partial charge in [-0.05, 0) is 87.3 Å². The molecule has 40 heavy (non-hydrogen) atoms. The summed E-state index contributed by atoms with van der Waals surface area (Å²) in [7, 11) is 5.81. The second kappa shape index (κ2) is 12.0. The predicted octanol–water partition coefficient (Wildman–Crippen LogP) is 7.76. The lowest BCUT2D eigenvalue weighted by atomic mass is 9.89. The molecule has 0 radical (unpaired) electrons. The largest absolute Gasteiger partial charge is 0.496 e. The topological polar surface area (TPSA) is 56.6 Å². The van der Waals surface area contributed by atoms with Crippen molar-refractivity contribution >= 4 is 38.9 Å². The van der Waals surface area contributed by atoms with Gasteiger partial charge in [-0.15, -0.1) is 11.3 Å². The lowest BCUT2D eigenvalue weighted by Gasteiger charge is -2.39. The molecule has 1 amide bonds. The lowest BCUT2D eigenvalue weighted by molar-refractivity contribution is 0.0573. The molecule has 0 atom stereocenters. The molecule has 0 saturated heterocycles. The van der Waals surface area contributed by atoms with E-state index in [2.05, 4.69) is 25.1 Å². The molecule has 5 nitrogen and oxygen atoms in total. The van der Waals surface area contributed by atoms with E-state index in [1.807, 2.05) is 41.3 Å². The quantitative estimate of drug-likeness (QED) is 0.226. The zero-order valence-corrected chi connectivity index (χ0v) is 24.4. The van der Waals surface area contributed by atoms with Crippen molar-refractivity contribution in [3.8, 4) is 22.9 Å². The van der Waals surface area contributed by atoms with Crippen molar-refractivity contribution in [1.29, 1.82) is 5.26 Å². The van der Waals surface area contributed by atoms with Crippen molar-refractivity contribution in [2.24, 2.45) is 0 Å². The van der Waals surface area contributed by atoms with Crippen LogP contribution in [0.15, 0.2) is 60.7 Å². The molecule has 1 heterocycles. The Morgan fingerprint density at radius 3 is 2.42 bits per heavy atom. The number of carbonyl (C=O) groups is 1. The van der Waals surface area contributed by atoms with Crippen molar-refractivity contribution < 1.29 is 13.9 Å². The second-order valence-corrected chi connectivity index (χ2v) is 11.9. The van der Waals surface area contributed by atoms with E-state index in [9.17, 15) is 14.4 Å². The Labute approximate surface area is 243 Å². The monoisotopic (exact) mass is 575 g/mol. The second-order valence-electron chi connectivity index (χ2n) is 10.4. The third kappa shape index (κ3) is 5.57. The number of fused-ring (bicyclic) bond motifs is 1. The number of amides is 1. The van der Waals surface area contributed by atoms with Crippen molar-refractivity contribution in [2.75, 3.05) is 21.2 Å². The Morgan fingerprint density at radius 1 is 1.05 bits per heavy atom. The first-order valence-corrected chi connectivity index (χ1v) is 14.5. The molecule has 0 N–H and O–H groups in total. The van der Waals surface area contributed by atoms with Gasteiger partial charge in [0.2, 0.25) is 0 Å². The van der Waals surface area contributed by atoms with Crippen LogP contribution in [0, 0.1) is 17.1 Å². The minimum absolute atomic E-state index is 0.00473. The maximum absolute atomic E-state index is 14.7. The minimum Gasteiger partial charge on any atom is -0.496 e. The van der Waals surface area contributed by atoms with Crippen LogP contribution in [0.2, 0.25) is 5.02 Å². The summed E-state index contributed by atoms with van der Waals surface area (Å²) in [6.45, 7) is 0.318. The zero-order chi connectivity index (χ0) is 28.4. The van der Waals surface area contributed by atoms with Crippen LogP contribution in [0.3, 0.4) is 0 Å². The first-order chi connectivity index (χ1) is 19.3. The van der Waals surface area contributed by atoms with E-state index in [0.717, 1.165) is 42.4 Å². The number of hydrogen-bond donors (Lipinski definition) is 0. The molecule has 1 aliphatic carbocycles. The number of hydrogen-bond acceptors (Lipinski definition) is 5. The number of benzene rings is 3. The van der Waals surface area contributed by atoms with Crippen molar-refractivity contribution in [1.82, 2.24) is 9.80 Å². The highest BCUT2D eigenvalue weighted by atomic mass is 35.5. The number of nitriles is 1. The van der Waals surface area contributed by atoms with E-state index < -0.39 is 5.82 Å². The zero-order valence-electron chi connectivity index (χ0n) is 22.8. The summed E-state index contributed by atoms with van der Waals surface area (Å²) in [5, 5.41) is 9.84. The molecule has 3 aromatic carbocycles. The van der Waals surface area contributed by atoms with E-state index >= 15 is 0 Å². The molecule has 1 aliphatic rings. The first-order valence-electron chi connectivity index (χ1n) is 13.3. The van der Waals surface area contributed by atoms with Gasteiger partial charge in [-0.25, -0.2) is 4.39 Å². The standard InChI is InChI=1S/C32H31ClFN3O2S/c1-36(2)24-11-13-25(14-12-24)37(32(38)31-30(33)29-26(34)8-5-9-28(29)40-31)19-23-17-22(10-15-27(23)39-3)21-7-4-6-20(16-21)18-35/h4-10,15-17,24-25H,11-14,19H2,1-3H3. The van der Waals surface area contributed by atoms with E-state index in [1.54, 1.807) is 25.3 Å². The van der Waals surface area contributed by atoms with E-state index in [-0.39, 0.29) is 17.0 Å². The van der Waals surface area contributed by atoms with Crippen LogP contribution in [0.5, 0.6) is 5.75 Å². The molecule has 1 fully saturated rings. The van der Waals surface area contributed by atoms with Gasteiger partial charge in [0.05, 0.1) is 23.8 Å². The molecular formula is C32H31ClFN3O2S. The van der Waals surface area contributed by atoms with Gasteiger partial charge in [-0.1, -0.05) is 35.9 Å². The number of ether oxygens (including phenoxy) is 1. The van der Waals surface area contributed by atoms with Gasteiger partial charge in [0.15, 0.2) is 0 Å². The van der Waals surface area contributed by atoms with Gasteiger partial charge >= 0.3 is 0 Å². The average molecular weight is 576 g/mol. The molecule has 0 aliphatic heterocycles. The molecule has 0 bridgehead atoms. The van der Waals surface area contributed by atoms with E-state index in [4.69, 9.17) is 16.3 Å². The third-order valence-corrected chi connectivity index (χ3v) is 9.48. The fourth-order valence-electron chi connectivity index (χ4n) is 5.63. The number of nitrogens with zero attached hydrogens (tertiary/aromatic N) is 3. The summed E-state index contributed by atoms with van der Waals surface area (Å²) in [4.78, 5) is 18.7. The minimum atomic E-state index is -0.426. The van der Waals surface area contributed by atoms with Crippen LogP contribution in [0.4, 0.5) is 4.39 Å². The molecule has 0 unspecified atom stereocenters. The Kier molecular flexibility index (Phi) is 8.41. The van der Waals surface area contributed by atoms with Gasteiger partial charge in [0, 0.05) is 34.3 Å². The summed E-state index contributed by atoms with van der Waals surface area (Å²) in [5.74, 6) is 0.0519. The maximum Gasteiger partial charge on any atom is 0.266 e. The summed E-state index contributed by atoms with van der Waals surface area (Å²) >= 11 is 7.90. The summed E-state index contributed by atoms with van der Waals surface area (Å²) in [6.07, 6.45) is 3.68. The molecule has 8 heteroatoms. The van der Waals surface area contributed by atoms with Gasteiger partial charge in [-0.3, -0.25) is 4.79 Å². The average Bonchev–Trinajstić information content (AvgIpc) is 3.32. The lowest BCUT2D eigenvalue weighted by Crippen LogP contribution is -2.44. The van der Waals surface area contributed by atoms with E-state index in [0.29, 0.717) is 38.9 Å². The van der Waals surface area contributed by atoms with Crippen LogP contribution in [-0.4, -0.2) is 49.0 Å². The molecular weight excluding hydrogens is 545 g/mol. The molecule has 4 aromatic rings. The highest BCUT2D eigenvalue weighted by molar-refractivity contribution is 7.21. The van der Waals surface area contributed by atoms with Crippen LogP contribution < -0.4 is 4.74 Å². The van der Waals surface area contributed by atoms with Crippen molar-refractivity contribution in [3.05, 3.63) is 87.5 Å². The number of rotatable bonds is 7. The van der Waals surface area contributed by atoms with Gasteiger partial charge in [0.1, 0.15) is 16.4 Å². The van der Waals surface area contributed by atoms with Crippen LogP contribution >= 0.6 is 22.9 Å². The Morgan fingerprint density at radius 2 is 1.75 bits per heavy atom. The van der Waals surface area contributed by atoms with E-state index in [1.165, 1.54) is 17.4 Å². The van der Waals surface area contributed by atoms with Crippen molar-refractivity contribution in [2.45, 2.75) is 44.3 Å². The number of halogens is 2. The number of thiophene rings is 1. The SMILES string of the molecule is COc1ccc(-c2cccc(C#N)c2)cc1CN(C(=O)c1sc2cccc(F)c2c1Cl)C1CCC(N(C)C)CC1. The Balaban J connectivity index is 1.54. The van der Waals surface area contributed by atoms with Crippen LogP contribution in [0.25, 0.3) is 21.2 Å². The van der Waals surface area contributed by atoms with Crippen molar-refractivity contribution in [3.63, 3.8) is 0 Å². The Bertz CT molecular complexity index is 1590. The predicted molar refractivity (Wildman–Crippen MR) is 160 cm³/mol. The summed E-state index contributed by atoms with van der Waals surface area (Å²) in [5.41, 5.74) is 3.28. The molecule has 0 spiro atoms. The normalized spacial score (nSPS) is 17.1. The number of carbonyl (C=O) groups excluding carboxylic acids is 1. The molecule has 1 aromatic heterocycles. The summed E-state index contributed by atoms with van der Waals surface area (Å²) < 4.78 is 21.0. The molecule has 5 rings (SSSR count). The van der Waals surface area contributed by atoms with Crippen LogP contribution in [-0.2, 0) is 6.54 Å². The summed E-state index contributed by atoms with van der Waals surface area (Å²) in [6, 6.07) is 20.8. The highest BCUT2D eigenvalue weighted by Crippen LogP contribution is 2.39. The van der Waals surface area contributed by atoms with Gasteiger partial charge in [0.25, 0.3) is 5.91 Å². The number of methoxy groups -OCH3 is 1.